The van der Waals surface area contributed by atoms with Gasteiger partial charge in [-0.1, -0.05) is 0 Å². The second-order valence-electron chi connectivity index (χ2n) is 3.15. The molecule has 0 aliphatic heterocycles. The lowest BCUT2D eigenvalue weighted by molar-refractivity contribution is -0.122. The number of aromatic carboxylic acids is 1. The van der Waals surface area contributed by atoms with E-state index in [9.17, 15) is 22.8 Å². The van der Waals surface area contributed by atoms with Gasteiger partial charge in [0.25, 0.3) is 0 Å². The van der Waals surface area contributed by atoms with Crippen LogP contribution in [0.25, 0.3) is 0 Å². The van der Waals surface area contributed by atoms with Crippen molar-refractivity contribution in [1.29, 1.82) is 0 Å². The fraction of sp³-hybridized carbons (Fsp3) is 0.222. The smallest absolute Gasteiger partial charge is 0.405 e. The van der Waals surface area contributed by atoms with E-state index in [0.29, 0.717) is 0 Å². The minimum atomic E-state index is -4.54. The summed E-state index contributed by atoms with van der Waals surface area (Å²) in [6.07, 6.45) is -2.33. The van der Waals surface area contributed by atoms with Crippen molar-refractivity contribution in [2.24, 2.45) is 0 Å². The molecule has 2 amide bonds. The first-order valence-corrected chi connectivity index (χ1v) is 4.58. The number of carbonyl (C=O) groups is 2. The van der Waals surface area contributed by atoms with Crippen LogP contribution in [0.1, 0.15) is 10.4 Å². The summed E-state index contributed by atoms with van der Waals surface area (Å²) in [5.74, 6) is -1.33. The maximum atomic E-state index is 11.8. The Morgan fingerprint density at radius 1 is 1.39 bits per heavy atom. The zero-order valence-corrected chi connectivity index (χ0v) is 8.78. The molecule has 0 spiro atoms. The Morgan fingerprint density at radius 3 is 2.61 bits per heavy atom. The number of carbonyl (C=O) groups excluding carboxylic acids is 1. The van der Waals surface area contributed by atoms with E-state index in [1.54, 1.807) is 5.32 Å². The van der Waals surface area contributed by atoms with E-state index < -0.39 is 24.7 Å². The maximum Gasteiger partial charge on any atom is 0.405 e. The Hall–Kier alpha value is -2.32. The number of carboxylic acid groups (broad SMARTS) is 1. The number of pyridine rings is 1. The van der Waals surface area contributed by atoms with E-state index in [0.717, 1.165) is 12.3 Å². The first-order valence-electron chi connectivity index (χ1n) is 4.58. The summed E-state index contributed by atoms with van der Waals surface area (Å²) in [6.45, 7) is -1.51. The van der Waals surface area contributed by atoms with Crippen LogP contribution in [0, 0.1) is 0 Å². The number of halogens is 3. The third-order valence-corrected chi connectivity index (χ3v) is 1.75. The lowest BCUT2D eigenvalue weighted by atomic mass is 10.2. The van der Waals surface area contributed by atoms with Crippen LogP contribution in [0.15, 0.2) is 18.5 Å². The topological polar surface area (TPSA) is 91.3 Å². The van der Waals surface area contributed by atoms with Crippen LogP contribution in [0.4, 0.5) is 23.7 Å². The Kier molecular flexibility index (Phi) is 4.08. The van der Waals surface area contributed by atoms with Gasteiger partial charge in [-0.2, -0.15) is 13.2 Å². The highest BCUT2D eigenvalue weighted by Gasteiger charge is 2.27. The van der Waals surface area contributed by atoms with Crippen LogP contribution in [-0.4, -0.2) is 34.8 Å². The second kappa shape index (κ2) is 5.34. The Bertz CT molecular complexity index is 462. The molecule has 0 aliphatic rings. The minimum absolute atomic E-state index is 0.190. The van der Waals surface area contributed by atoms with Crippen LogP contribution in [0.3, 0.4) is 0 Å². The van der Waals surface area contributed by atoms with E-state index in [1.807, 2.05) is 5.32 Å². The SMILES string of the molecule is O=C(NCC(F)(F)F)Nc1cnccc1C(=O)O. The molecule has 18 heavy (non-hydrogen) atoms. The summed E-state index contributed by atoms with van der Waals surface area (Å²) in [5, 5.41) is 12.3. The first kappa shape index (κ1) is 13.7. The molecule has 1 rings (SSSR count). The van der Waals surface area contributed by atoms with Gasteiger partial charge in [-0.3, -0.25) is 4.98 Å². The molecule has 9 heteroatoms. The number of hydrogen-bond acceptors (Lipinski definition) is 3. The zero-order valence-electron chi connectivity index (χ0n) is 8.78. The third kappa shape index (κ3) is 4.28. The van der Waals surface area contributed by atoms with Crippen LogP contribution >= 0.6 is 0 Å². The van der Waals surface area contributed by atoms with Crippen LogP contribution in [-0.2, 0) is 0 Å². The van der Waals surface area contributed by atoms with Gasteiger partial charge in [0.05, 0.1) is 17.4 Å². The fourth-order valence-electron chi connectivity index (χ4n) is 1.03. The van der Waals surface area contributed by atoms with Gasteiger partial charge >= 0.3 is 18.2 Å². The molecule has 0 aliphatic carbocycles. The standard InChI is InChI=1S/C9H8F3N3O3/c10-9(11,12)4-14-8(18)15-6-3-13-2-1-5(6)7(16)17/h1-3H,4H2,(H,16,17)(H2,14,15,18). The molecule has 1 heterocycles. The quantitative estimate of drug-likeness (QED) is 0.770. The number of anilines is 1. The van der Waals surface area contributed by atoms with Gasteiger partial charge in [0.2, 0.25) is 0 Å². The number of amides is 2. The van der Waals surface area contributed by atoms with Crippen molar-refractivity contribution in [1.82, 2.24) is 10.3 Å². The molecule has 0 radical (unpaired) electrons. The largest absolute Gasteiger partial charge is 0.478 e. The molecule has 6 nitrogen and oxygen atoms in total. The number of alkyl halides is 3. The number of rotatable bonds is 3. The van der Waals surface area contributed by atoms with Gasteiger partial charge in [-0.15, -0.1) is 0 Å². The number of urea groups is 1. The zero-order chi connectivity index (χ0) is 13.8. The van der Waals surface area contributed by atoms with Crippen molar-refractivity contribution in [2.45, 2.75) is 6.18 Å². The van der Waals surface area contributed by atoms with Gasteiger partial charge in [0.15, 0.2) is 0 Å². The minimum Gasteiger partial charge on any atom is -0.478 e. The molecule has 0 atom stereocenters. The second-order valence-corrected chi connectivity index (χ2v) is 3.15. The Morgan fingerprint density at radius 2 is 2.06 bits per heavy atom. The van der Waals surface area contributed by atoms with Crippen molar-refractivity contribution in [3.8, 4) is 0 Å². The highest BCUT2D eigenvalue weighted by Crippen LogP contribution is 2.14. The van der Waals surface area contributed by atoms with Gasteiger partial charge < -0.3 is 15.7 Å². The predicted molar refractivity (Wildman–Crippen MR) is 54.3 cm³/mol. The summed E-state index contributed by atoms with van der Waals surface area (Å²) in [5.41, 5.74) is -0.461. The van der Waals surface area contributed by atoms with E-state index >= 15 is 0 Å². The van der Waals surface area contributed by atoms with Crippen LogP contribution < -0.4 is 10.6 Å². The van der Waals surface area contributed by atoms with Gasteiger partial charge in [-0.05, 0) is 6.07 Å². The fourth-order valence-corrected chi connectivity index (χ4v) is 1.03. The molecule has 3 N–H and O–H groups in total. The number of nitrogens with one attached hydrogen (secondary N) is 2. The van der Waals surface area contributed by atoms with Crippen molar-refractivity contribution in [3.63, 3.8) is 0 Å². The maximum absolute atomic E-state index is 11.8. The number of aromatic nitrogens is 1. The predicted octanol–water partition coefficient (Wildman–Crippen LogP) is 1.46. The molecule has 0 saturated carbocycles. The molecule has 0 aromatic carbocycles. The molecule has 0 fully saturated rings. The van der Waals surface area contributed by atoms with E-state index in [1.165, 1.54) is 6.20 Å². The molecular weight excluding hydrogens is 255 g/mol. The van der Waals surface area contributed by atoms with Crippen LogP contribution in [0.2, 0.25) is 0 Å². The van der Waals surface area contributed by atoms with Crippen molar-refractivity contribution in [2.75, 3.05) is 11.9 Å². The number of carboxylic acids is 1. The normalized spacial score (nSPS) is 10.8. The van der Waals surface area contributed by atoms with Crippen molar-refractivity contribution in [3.05, 3.63) is 24.0 Å². The molecule has 0 saturated heterocycles. The molecular formula is C9H8F3N3O3. The highest BCUT2D eigenvalue weighted by molar-refractivity contribution is 5.99. The molecule has 0 unspecified atom stereocenters. The van der Waals surface area contributed by atoms with Gasteiger partial charge in [0.1, 0.15) is 6.54 Å². The van der Waals surface area contributed by atoms with Crippen molar-refractivity contribution < 1.29 is 27.9 Å². The Balaban J connectivity index is 2.68. The lowest BCUT2D eigenvalue weighted by Crippen LogP contribution is -2.36. The summed E-state index contributed by atoms with van der Waals surface area (Å²) in [7, 11) is 0. The van der Waals surface area contributed by atoms with Crippen molar-refractivity contribution >= 4 is 17.7 Å². The average molecular weight is 263 g/mol. The monoisotopic (exact) mass is 263 g/mol. The van der Waals surface area contributed by atoms with E-state index in [2.05, 4.69) is 4.98 Å². The van der Waals surface area contributed by atoms with Gasteiger partial charge in [0, 0.05) is 6.20 Å². The van der Waals surface area contributed by atoms with Crippen LogP contribution in [0.5, 0.6) is 0 Å². The van der Waals surface area contributed by atoms with Gasteiger partial charge in [-0.25, -0.2) is 9.59 Å². The molecule has 1 aromatic rings. The molecule has 1 aromatic heterocycles. The number of nitrogens with zero attached hydrogens (tertiary/aromatic N) is 1. The summed E-state index contributed by atoms with van der Waals surface area (Å²) >= 11 is 0. The average Bonchev–Trinajstić information content (AvgIpc) is 2.26. The lowest BCUT2D eigenvalue weighted by Gasteiger charge is -2.10. The third-order valence-electron chi connectivity index (χ3n) is 1.75. The van der Waals surface area contributed by atoms with E-state index in [-0.39, 0.29) is 11.3 Å². The molecule has 98 valence electrons. The summed E-state index contributed by atoms with van der Waals surface area (Å²) in [6, 6.07) is -0.0512. The Labute approximate surface area is 98.8 Å². The first-order chi connectivity index (χ1) is 8.29. The summed E-state index contributed by atoms with van der Waals surface area (Å²) in [4.78, 5) is 25.4. The van der Waals surface area contributed by atoms with E-state index in [4.69, 9.17) is 5.11 Å². The molecule has 0 bridgehead atoms. The highest BCUT2D eigenvalue weighted by atomic mass is 19.4. The summed E-state index contributed by atoms with van der Waals surface area (Å²) < 4.78 is 35.4. The number of hydrogen-bond donors (Lipinski definition) is 3.